The first-order valence-electron chi connectivity index (χ1n) is 10.6. The zero-order chi connectivity index (χ0) is 27.0. The van der Waals surface area contributed by atoms with Gasteiger partial charge < -0.3 is 85.7 Å². The van der Waals surface area contributed by atoms with Gasteiger partial charge in [-0.3, -0.25) is 0 Å². The molecule has 0 aromatic heterocycles. The Bertz CT molecular complexity index is 567. The maximum atomic E-state index is 9.94. The van der Waals surface area contributed by atoms with E-state index in [1.54, 1.807) is 0 Å². The van der Waals surface area contributed by atoms with Crippen molar-refractivity contribution in [3.05, 3.63) is 0 Å². The summed E-state index contributed by atoms with van der Waals surface area (Å²) in [4.78, 5) is 0. The number of hydrogen-bond acceptors (Lipinski definition) is 17. The molecule has 0 aliphatic carbocycles. The molecule has 17 nitrogen and oxygen atoms in total. The average Bonchev–Trinajstić information content (AvgIpc) is 2.87. The molecule has 0 aromatic carbocycles. The molecule has 0 amide bonds. The Morgan fingerprint density at radius 1 is 0.571 bits per heavy atom. The molecule has 0 aromatic rings. The van der Waals surface area contributed by atoms with E-state index < -0.39 is 112 Å². The summed E-state index contributed by atoms with van der Waals surface area (Å²) in [5, 5.41) is 129. The van der Waals surface area contributed by atoms with Crippen molar-refractivity contribution in [1.29, 1.82) is 0 Å². The average molecular weight is 524 g/mol. The van der Waals surface area contributed by atoms with Crippen LogP contribution in [0.3, 0.4) is 0 Å². The van der Waals surface area contributed by atoms with Crippen LogP contribution in [0.2, 0.25) is 0 Å². The lowest BCUT2D eigenvalue weighted by atomic mass is 9.97. The zero-order valence-corrected chi connectivity index (χ0v) is 18.4. The minimum atomic E-state index is -1.74. The van der Waals surface area contributed by atoms with E-state index in [4.69, 9.17) is 50.0 Å². The number of hydrogen-bond donors (Lipinski definition) is 14. The van der Waals surface area contributed by atoms with Crippen molar-refractivity contribution >= 4 is 0 Å². The number of ether oxygens (including phenoxy) is 3. The van der Waals surface area contributed by atoms with E-state index in [1.807, 2.05) is 0 Å². The Balaban J connectivity index is 0.000000434. The third-order valence-electron chi connectivity index (χ3n) is 5.49. The highest BCUT2D eigenvalue weighted by Crippen LogP contribution is 2.28. The van der Waals surface area contributed by atoms with E-state index in [2.05, 4.69) is 0 Å². The van der Waals surface area contributed by atoms with Crippen LogP contribution < -0.4 is 0 Å². The van der Waals surface area contributed by atoms with Crippen molar-refractivity contribution in [3.8, 4) is 0 Å². The SMILES string of the molecule is OC[C@@H](O)[C@H](O)[C@H](O)[C@@H](O)CO.OC[C@H]1O[C@H](O[C@H]2[C@H](O)[C@@H](O)[C@H](O)O[C@@H]2CO)[C@H](O)[C@@H](O)[C@@H]1O. The molecule has 0 bridgehead atoms. The fourth-order valence-electron chi connectivity index (χ4n) is 3.24. The van der Waals surface area contributed by atoms with Gasteiger partial charge in [0.25, 0.3) is 0 Å². The normalized spacial score (nSPS) is 41.3. The molecule has 35 heavy (non-hydrogen) atoms. The fraction of sp³-hybridized carbons (Fsp3) is 1.00. The summed E-state index contributed by atoms with van der Waals surface area (Å²) in [5.74, 6) is 0. The zero-order valence-electron chi connectivity index (χ0n) is 18.4. The first kappa shape index (κ1) is 32.3. The van der Waals surface area contributed by atoms with E-state index >= 15 is 0 Å². The van der Waals surface area contributed by atoms with Crippen LogP contribution in [0.15, 0.2) is 0 Å². The van der Waals surface area contributed by atoms with Gasteiger partial charge in [-0.15, -0.1) is 0 Å². The minimum Gasteiger partial charge on any atom is -0.394 e. The Labute approximate surface area is 198 Å². The molecule has 2 rings (SSSR count). The Morgan fingerprint density at radius 3 is 1.49 bits per heavy atom. The third kappa shape index (κ3) is 8.15. The summed E-state index contributed by atoms with van der Waals surface area (Å²) in [6.07, 6.45) is -22.0. The Morgan fingerprint density at radius 2 is 1.06 bits per heavy atom. The Kier molecular flexibility index (Phi) is 13.8. The van der Waals surface area contributed by atoms with E-state index in [9.17, 15) is 35.7 Å². The van der Waals surface area contributed by atoms with Crippen molar-refractivity contribution < 1.29 is 85.7 Å². The molecule has 17 heteroatoms. The molecule has 0 unspecified atom stereocenters. The molecule has 2 aliphatic rings. The van der Waals surface area contributed by atoms with Gasteiger partial charge >= 0.3 is 0 Å². The van der Waals surface area contributed by atoms with E-state index in [0.717, 1.165) is 0 Å². The minimum absolute atomic E-state index is 0.667. The van der Waals surface area contributed by atoms with Gasteiger partial charge in [-0.1, -0.05) is 0 Å². The number of aliphatic hydroxyl groups is 14. The van der Waals surface area contributed by atoms with Crippen molar-refractivity contribution in [2.24, 2.45) is 0 Å². The van der Waals surface area contributed by atoms with Crippen LogP contribution in [0.25, 0.3) is 0 Å². The predicted molar refractivity (Wildman–Crippen MR) is 107 cm³/mol. The Hall–Kier alpha value is -0.680. The second-order valence-electron chi connectivity index (χ2n) is 8.01. The lowest BCUT2D eigenvalue weighted by Crippen LogP contribution is -2.64. The second-order valence-corrected chi connectivity index (χ2v) is 8.01. The molecule has 14 N–H and O–H groups in total. The molecule has 2 aliphatic heterocycles. The van der Waals surface area contributed by atoms with Crippen LogP contribution in [0, 0.1) is 0 Å². The van der Waals surface area contributed by atoms with Crippen LogP contribution in [0.1, 0.15) is 0 Å². The number of rotatable bonds is 9. The second kappa shape index (κ2) is 14.9. The summed E-state index contributed by atoms with van der Waals surface area (Å²) in [6, 6.07) is 0. The van der Waals surface area contributed by atoms with Gasteiger partial charge in [-0.2, -0.15) is 0 Å². The van der Waals surface area contributed by atoms with Gasteiger partial charge in [-0.05, 0) is 0 Å². The lowest BCUT2D eigenvalue weighted by Gasteiger charge is -2.45. The van der Waals surface area contributed by atoms with Crippen molar-refractivity contribution in [3.63, 3.8) is 0 Å². The summed E-state index contributed by atoms with van der Waals surface area (Å²) >= 11 is 0. The highest BCUT2D eigenvalue weighted by atomic mass is 16.7. The van der Waals surface area contributed by atoms with E-state index in [-0.39, 0.29) is 0 Å². The molecular weight excluding hydrogens is 488 g/mol. The van der Waals surface area contributed by atoms with E-state index in [1.165, 1.54) is 0 Å². The number of aliphatic hydroxyl groups excluding tert-OH is 14. The van der Waals surface area contributed by atoms with Gasteiger partial charge in [0.2, 0.25) is 0 Å². The fourth-order valence-corrected chi connectivity index (χ4v) is 3.24. The van der Waals surface area contributed by atoms with Gasteiger partial charge in [0.15, 0.2) is 12.6 Å². The standard InChI is InChI=1S/C12H22O11.C6H14O6/c13-1-3-5(15)6(16)9(19)12(22-3)23-10-4(2-14)21-11(20)8(18)7(10)17;7-1-3(9)5(11)6(12)4(10)2-8/h3-20H,1-2H2;3-12H,1-2H2/t3-,4-,5-,6+,7-,8-,9-,10-,11-,12-;3-,4+,5+,6-/m1./s1. The molecule has 0 spiro atoms. The van der Waals surface area contributed by atoms with Crippen LogP contribution in [-0.4, -0.2) is 184 Å². The smallest absolute Gasteiger partial charge is 0.187 e. The topological polar surface area (TPSA) is 311 Å². The summed E-state index contributed by atoms with van der Waals surface area (Å²) in [7, 11) is 0. The van der Waals surface area contributed by atoms with Crippen LogP contribution in [0.5, 0.6) is 0 Å². The highest BCUT2D eigenvalue weighted by Gasteiger charge is 2.50. The monoisotopic (exact) mass is 524 g/mol. The molecule has 210 valence electrons. The van der Waals surface area contributed by atoms with Gasteiger partial charge in [0.05, 0.1) is 26.4 Å². The van der Waals surface area contributed by atoms with E-state index in [0.29, 0.717) is 0 Å². The quantitative estimate of drug-likeness (QED) is 0.133. The van der Waals surface area contributed by atoms with Gasteiger partial charge in [0, 0.05) is 0 Å². The van der Waals surface area contributed by atoms with Gasteiger partial charge in [-0.25, -0.2) is 0 Å². The first-order valence-corrected chi connectivity index (χ1v) is 10.6. The molecule has 0 saturated carbocycles. The predicted octanol–water partition coefficient (Wildman–Crippen LogP) is -8.98. The van der Waals surface area contributed by atoms with Crippen LogP contribution >= 0.6 is 0 Å². The maximum Gasteiger partial charge on any atom is 0.187 e. The molecular formula is C18H36O17. The molecule has 14 atom stereocenters. The maximum absolute atomic E-state index is 9.94. The molecule has 2 heterocycles. The van der Waals surface area contributed by atoms with Crippen molar-refractivity contribution in [2.45, 2.75) is 85.8 Å². The van der Waals surface area contributed by atoms with Gasteiger partial charge in [0.1, 0.15) is 73.2 Å². The third-order valence-corrected chi connectivity index (χ3v) is 5.49. The van der Waals surface area contributed by atoms with Crippen molar-refractivity contribution in [2.75, 3.05) is 26.4 Å². The highest BCUT2D eigenvalue weighted by molar-refractivity contribution is 4.93. The van der Waals surface area contributed by atoms with Crippen LogP contribution in [0.4, 0.5) is 0 Å². The molecule has 0 radical (unpaired) electrons. The molecule has 2 saturated heterocycles. The summed E-state index contributed by atoms with van der Waals surface area (Å²) in [6.45, 7) is -2.80. The molecule has 2 fully saturated rings. The largest absolute Gasteiger partial charge is 0.394 e. The van der Waals surface area contributed by atoms with Crippen LogP contribution in [-0.2, 0) is 14.2 Å². The summed E-state index contributed by atoms with van der Waals surface area (Å²) < 4.78 is 15.3. The van der Waals surface area contributed by atoms with Crippen molar-refractivity contribution in [1.82, 2.24) is 0 Å². The lowest BCUT2D eigenvalue weighted by molar-refractivity contribution is -0.355. The summed E-state index contributed by atoms with van der Waals surface area (Å²) in [5.41, 5.74) is 0. The first-order chi connectivity index (χ1) is 16.4.